The topological polar surface area (TPSA) is 74.7 Å². The fourth-order valence-electron chi connectivity index (χ4n) is 2.35. The molecule has 0 bridgehead atoms. The van der Waals surface area contributed by atoms with E-state index >= 15 is 0 Å². The van der Waals surface area contributed by atoms with Crippen molar-refractivity contribution in [3.63, 3.8) is 0 Å². The fourth-order valence-corrected chi connectivity index (χ4v) is 3.64. The first kappa shape index (κ1) is 26.2. The number of halogens is 3. The molecule has 0 radical (unpaired) electrons. The van der Waals surface area contributed by atoms with Crippen LogP contribution in [0.2, 0.25) is 10.0 Å². The van der Waals surface area contributed by atoms with Crippen LogP contribution >= 0.6 is 58.5 Å². The van der Waals surface area contributed by atoms with Crippen LogP contribution in [0.4, 0.5) is 5.82 Å². The Morgan fingerprint density at radius 2 is 2.17 bits per heavy atom. The lowest BCUT2D eigenvalue weighted by Gasteiger charge is -2.21. The summed E-state index contributed by atoms with van der Waals surface area (Å²) in [5.41, 5.74) is 0.993. The molecule has 0 saturated carbocycles. The Bertz CT molecular complexity index is 791. The van der Waals surface area contributed by atoms with Gasteiger partial charge in [0, 0.05) is 38.8 Å². The summed E-state index contributed by atoms with van der Waals surface area (Å²) in [5.74, 6) is 1.41. The van der Waals surface area contributed by atoms with E-state index in [0.717, 1.165) is 23.2 Å². The van der Waals surface area contributed by atoms with E-state index < -0.39 is 0 Å². The van der Waals surface area contributed by atoms with E-state index in [1.54, 1.807) is 30.7 Å². The third-order valence-corrected chi connectivity index (χ3v) is 5.39. The zero-order valence-electron chi connectivity index (χ0n) is 16.9. The van der Waals surface area contributed by atoms with Crippen LogP contribution in [0.5, 0.6) is 0 Å². The van der Waals surface area contributed by atoms with Gasteiger partial charge in [0.1, 0.15) is 16.9 Å². The molecule has 2 rings (SSSR count). The van der Waals surface area contributed by atoms with Gasteiger partial charge < -0.3 is 20.3 Å². The highest BCUT2D eigenvalue weighted by Gasteiger charge is 2.12. The second-order valence-electron chi connectivity index (χ2n) is 6.06. The maximum atomic E-state index is 6.12. The molecule has 29 heavy (non-hydrogen) atoms. The molecular weight excluding hydrogens is 546 g/mol. The van der Waals surface area contributed by atoms with Gasteiger partial charge in [0.2, 0.25) is 0 Å². The average molecular weight is 573 g/mol. The van der Waals surface area contributed by atoms with Crippen molar-refractivity contribution < 1.29 is 4.74 Å². The standard InChI is InChI=1S/C18H26Cl2N6OS.HI/c1-5-21-18(23-7-6-22-16-15(20)8-13(19)9-24-16)26(3)10-14-11-28-17(25-14)12(2)27-4;/h8-9,11-12H,5-7,10H2,1-4H3,(H,21,23)(H,22,24);1H. The minimum absolute atomic E-state index is 0. The predicted octanol–water partition coefficient (Wildman–Crippen LogP) is 4.68. The van der Waals surface area contributed by atoms with Gasteiger partial charge in [-0.15, -0.1) is 35.3 Å². The fraction of sp³-hybridized carbons (Fsp3) is 0.500. The van der Waals surface area contributed by atoms with Gasteiger partial charge in [-0.1, -0.05) is 23.2 Å². The normalized spacial score (nSPS) is 12.3. The number of pyridine rings is 1. The molecule has 2 N–H and O–H groups in total. The van der Waals surface area contributed by atoms with Crippen molar-refractivity contribution in [1.82, 2.24) is 20.2 Å². The van der Waals surface area contributed by atoms with Crippen LogP contribution in [-0.2, 0) is 11.3 Å². The van der Waals surface area contributed by atoms with Gasteiger partial charge in [0.15, 0.2) is 5.96 Å². The smallest absolute Gasteiger partial charge is 0.194 e. The van der Waals surface area contributed by atoms with Crippen LogP contribution < -0.4 is 10.6 Å². The maximum absolute atomic E-state index is 6.12. The number of guanidine groups is 1. The molecule has 2 aromatic heterocycles. The molecule has 11 heteroatoms. The van der Waals surface area contributed by atoms with E-state index in [-0.39, 0.29) is 30.1 Å². The van der Waals surface area contributed by atoms with Crippen LogP contribution in [-0.4, -0.2) is 54.6 Å². The molecule has 0 saturated heterocycles. The maximum Gasteiger partial charge on any atom is 0.194 e. The van der Waals surface area contributed by atoms with Crippen LogP contribution in [0.25, 0.3) is 0 Å². The number of nitrogens with one attached hydrogen (secondary N) is 2. The third-order valence-electron chi connectivity index (χ3n) is 3.84. The number of nitrogens with zero attached hydrogens (tertiary/aromatic N) is 4. The number of aromatic nitrogens is 2. The van der Waals surface area contributed by atoms with Gasteiger partial charge in [-0.05, 0) is 19.9 Å². The number of anilines is 1. The first-order valence-corrected chi connectivity index (χ1v) is 10.6. The van der Waals surface area contributed by atoms with Crippen molar-refractivity contribution in [2.24, 2.45) is 4.99 Å². The van der Waals surface area contributed by atoms with Gasteiger partial charge in [-0.3, -0.25) is 4.99 Å². The lowest BCUT2D eigenvalue weighted by Crippen LogP contribution is -2.38. The molecule has 0 amide bonds. The molecule has 0 aliphatic carbocycles. The summed E-state index contributed by atoms with van der Waals surface area (Å²) in [5, 5.41) is 10.5. The minimum Gasteiger partial charge on any atom is -0.375 e. The van der Waals surface area contributed by atoms with E-state index in [2.05, 4.69) is 31.0 Å². The molecule has 1 atom stereocenters. The Morgan fingerprint density at radius 3 is 2.83 bits per heavy atom. The first-order chi connectivity index (χ1) is 13.4. The summed E-state index contributed by atoms with van der Waals surface area (Å²) < 4.78 is 5.33. The van der Waals surface area contributed by atoms with Gasteiger partial charge in [0.25, 0.3) is 0 Å². The lowest BCUT2D eigenvalue weighted by molar-refractivity contribution is 0.119. The van der Waals surface area contributed by atoms with Crippen molar-refractivity contribution in [2.45, 2.75) is 26.5 Å². The molecule has 2 aromatic rings. The van der Waals surface area contributed by atoms with Crippen LogP contribution in [0.15, 0.2) is 22.6 Å². The van der Waals surface area contributed by atoms with Crippen molar-refractivity contribution in [3.05, 3.63) is 38.4 Å². The minimum atomic E-state index is 0. The number of ether oxygens (including phenoxy) is 1. The van der Waals surface area contributed by atoms with Crippen molar-refractivity contribution >= 4 is 70.3 Å². The van der Waals surface area contributed by atoms with Crippen molar-refractivity contribution in [3.8, 4) is 0 Å². The van der Waals surface area contributed by atoms with E-state index in [1.165, 1.54) is 0 Å². The molecule has 7 nitrogen and oxygen atoms in total. The van der Waals surface area contributed by atoms with E-state index in [4.69, 9.17) is 27.9 Å². The summed E-state index contributed by atoms with van der Waals surface area (Å²) in [7, 11) is 3.68. The number of thiazole rings is 1. The van der Waals surface area contributed by atoms with Gasteiger partial charge in [-0.2, -0.15) is 0 Å². The van der Waals surface area contributed by atoms with E-state index in [1.807, 2.05) is 25.8 Å². The van der Waals surface area contributed by atoms with Crippen LogP contribution in [0.1, 0.15) is 30.7 Å². The lowest BCUT2D eigenvalue weighted by atomic mass is 10.4. The molecular formula is C18H27Cl2IN6OS. The molecule has 0 fully saturated rings. The highest BCUT2D eigenvalue weighted by molar-refractivity contribution is 14.0. The zero-order chi connectivity index (χ0) is 20.5. The Kier molecular flexibility index (Phi) is 12.1. The number of rotatable bonds is 9. The molecule has 0 aliphatic heterocycles. The summed E-state index contributed by atoms with van der Waals surface area (Å²) in [4.78, 5) is 15.5. The largest absolute Gasteiger partial charge is 0.375 e. The second-order valence-corrected chi connectivity index (χ2v) is 7.79. The predicted molar refractivity (Wildman–Crippen MR) is 133 cm³/mol. The molecule has 0 spiro atoms. The monoisotopic (exact) mass is 572 g/mol. The van der Waals surface area contributed by atoms with E-state index in [0.29, 0.717) is 35.5 Å². The Hall–Kier alpha value is -0.880. The number of hydrogen-bond donors (Lipinski definition) is 2. The number of aliphatic imine (C=N–C) groups is 1. The summed E-state index contributed by atoms with van der Waals surface area (Å²) >= 11 is 13.6. The Labute approximate surface area is 203 Å². The Balaban J connectivity index is 0.00000420. The number of hydrogen-bond acceptors (Lipinski definition) is 6. The summed E-state index contributed by atoms with van der Waals surface area (Å²) in [6.45, 7) is 6.65. The van der Waals surface area contributed by atoms with Gasteiger partial charge in [-0.25, -0.2) is 9.97 Å². The molecule has 0 aromatic carbocycles. The highest BCUT2D eigenvalue weighted by atomic mass is 127. The van der Waals surface area contributed by atoms with Crippen molar-refractivity contribution in [1.29, 1.82) is 0 Å². The second kappa shape index (κ2) is 13.4. The zero-order valence-corrected chi connectivity index (χ0v) is 21.6. The average Bonchev–Trinajstić information content (AvgIpc) is 3.13. The van der Waals surface area contributed by atoms with Crippen molar-refractivity contribution in [2.75, 3.05) is 39.1 Å². The van der Waals surface area contributed by atoms with Gasteiger partial charge in [0.05, 0.1) is 28.8 Å². The quantitative estimate of drug-likeness (QED) is 0.197. The molecule has 162 valence electrons. The Morgan fingerprint density at radius 1 is 1.41 bits per heavy atom. The summed E-state index contributed by atoms with van der Waals surface area (Å²) in [6.07, 6.45) is 1.56. The third kappa shape index (κ3) is 8.41. The molecule has 2 heterocycles. The summed E-state index contributed by atoms with van der Waals surface area (Å²) in [6, 6.07) is 1.66. The van der Waals surface area contributed by atoms with E-state index in [9.17, 15) is 0 Å². The van der Waals surface area contributed by atoms with Crippen LogP contribution in [0, 0.1) is 0 Å². The number of methoxy groups -OCH3 is 1. The van der Waals surface area contributed by atoms with Crippen LogP contribution in [0.3, 0.4) is 0 Å². The molecule has 1 unspecified atom stereocenters. The molecule has 0 aliphatic rings. The van der Waals surface area contributed by atoms with Gasteiger partial charge >= 0.3 is 0 Å². The highest BCUT2D eigenvalue weighted by Crippen LogP contribution is 2.22. The SMILES string of the molecule is CCNC(=NCCNc1ncc(Cl)cc1Cl)N(C)Cc1csc(C(C)OC)n1.I. The first-order valence-electron chi connectivity index (χ1n) is 8.96.